The summed E-state index contributed by atoms with van der Waals surface area (Å²) in [5, 5.41) is 9.35. The highest BCUT2D eigenvalue weighted by atomic mass is 16.5. The maximum Gasteiger partial charge on any atom is 0.119 e. The van der Waals surface area contributed by atoms with Gasteiger partial charge in [0.05, 0.1) is 12.6 Å². The second kappa shape index (κ2) is 6.44. The number of nitrogens with zero attached hydrogens (tertiary/aromatic N) is 1. The van der Waals surface area contributed by atoms with Gasteiger partial charge in [-0.1, -0.05) is 36.5 Å². The van der Waals surface area contributed by atoms with E-state index in [1.165, 1.54) is 16.8 Å². The first-order valence-corrected chi connectivity index (χ1v) is 8.46. The van der Waals surface area contributed by atoms with Gasteiger partial charge < -0.3 is 14.7 Å². The van der Waals surface area contributed by atoms with Gasteiger partial charge in [-0.2, -0.15) is 0 Å². The highest BCUT2D eigenvalue weighted by Crippen LogP contribution is 2.34. The molecule has 2 aliphatic carbocycles. The van der Waals surface area contributed by atoms with Crippen LogP contribution < -0.4 is 4.74 Å². The van der Waals surface area contributed by atoms with Gasteiger partial charge in [0.1, 0.15) is 18.1 Å². The fourth-order valence-corrected chi connectivity index (χ4v) is 3.47. The van der Waals surface area contributed by atoms with E-state index in [9.17, 15) is 5.11 Å². The number of hydrogen-bond acceptors (Lipinski definition) is 3. The summed E-state index contributed by atoms with van der Waals surface area (Å²) in [5.74, 6) is 1.04. The number of aromatic hydroxyl groups is 1. The fourth-order valence-electron chi connectivity index (χ4n) is 3.47. The number of benzene rings is 1. The second-order valence-electron chi connectivity index (χ2n) is 6.22. The van der Waals surface area contributed by atoms with Gasteiger partial charge in [-0.3, -0.25) is 0 Å². The maximum absolute atomic E-state index is 9.35. The van der Waals surface area contributed by atoms with E-state index in [0.717, 1.165) is 25.1 Å². The van der Waals surface area contributed by atoms with E-state index in [1.807, 2.05) is 0 Å². The van der Waals surface area contributed by atoms with Crippen molar-refractivity contribution in [2.24, 2.45) is 0 Å². The lowest BCUT2D eigenvalue weighted by molar-refractivity contribution is 0.232. The molecule has 1 atom stereocenters. The van der Waals surface area contributed by atoms with E-state index in [4.69, 9.17) is 4.74 Å². The molecule has 1 heterocycles. The molecule has 4 rings (SSSR count). The van der Waals surface area contributed by atoms with Gasteiger partial charge in [0.25, 0.3) is 0 Å². The van der Waals surface area contributed by atoms with E-state index in [1.54, 1.807) is 24.3 Å². The molecule has 1 aromatic rings. The van der Waals surface area contributed by atoms with Gasteiger partial charge in [-0.25, -0.2) is 0 Å². The van der Waals surface area contributed by atoms with Crippen LogP contribution in [-0.4, -0.2) is 29.2 Å². The molecule has 0 unspecified atom stereocenters. The minimum atomic E-state index is 0.259. The summed E-state index contributed by atoms with van der Waals surface area (Å²) >= 11 is 0. The molecule has 24 heavy (non-hydrogen) atoms. The molecule has 0 radical (unpaired) electrons. The van der Waals surface area contributed by atoms with Crippen molar-refractivity contribution in [2.45, 2.75) is 18.9 Å². The summed E-state index contributed by atoms with van der Waals surface area (Å²) in [6.45, 7) is 1.43. The van der Waals surface area contributed by atoms with Crippen LogP contribution >= 0.6 is 0 Å². The number of fused-ring (bicyclic) bond motifs is 1. The lowest BCUT2D eigenvalue weighted by atomic mass is 9.88. The summed E-state index contributed by atoms with van der Waals surface area (Å²) in [5.41, 5.74) is 4.11. The number of rotatable bonds is 4. The Morgan fingerprint density at radius 2 is 2.00 bits per heavy atom. The van der Waals surface area contributed by atoms with Crippen LogP contribution in [-0.2, 0) is 0 Å². The molecule has 122 valence electrons. The van der Waals surface area contributed by atoms with Crippen molar-refractivity contribution in [3.05, 3.63) is 83.6 Å². The molecule has 3 aliphatic rings. The summed E-state index contributed by atoms with van der Waals surface area (Å²) in [6, 6.07) is 7.18. The van der Waals surface area contributed by atoms with Gasteiger partial charge in [0, 0.05) is 5.70 Å². The predicted molar refractivity (Wildman–Crippen MR) is 95.9 cm³/mol. The Balaban J connectivity index is 1.50. The van der Waals surface area contributed by atoms with Crippen LogP contribution in [0.5, 0.6) is 11.5 Å². The van der Waals surface area contributed by atoms with Crippen molar-refractivity contribution in [3.63, 3.8) is 0 Å². The van der Waals surface area contributed by atoms with Crippen molar-refractivity contribution < 1.29 is 9.84 Å². The van der Waals surface area contributed by atoms with Crippen molar-refractivity contribution >= 4 is 0 Å². The first kappa shape index (κ1) is 14.9. The summed E-state index contributed by atoms with van der Waals surface area (Å²) in [7, 11) is 0. The summed E-state index contributed by atoms with van der Waals surface area (Å²) in [6.07, 6.45) is 17.8. The lowest BCUT2D eigenvalue weighted by Gasteiger charge is -2.39. The summed E-state index contributed by atoms with van der Waals surface area (Å²) < 4.78 is 5.86. The van der Waals surface area contributed by atoms with Crippen LogP contribution in [0, 0.1) is 0 Å². The van der Waals surface area contributed by atoms with E-state index in [-0.39, 0.29) is 5.75 Å². The van der Waals surface area contributed by atoms with E-state index < -0.39 is 0 Å². The van der Waals surface area contributed by atoms with E-state index in [2.05, 4.69) is 47.4 Å². The first-order chi connectivity index (χ1) is 11.8. The standard InChI is InChI=1S/C21H21NO2/c23-18-9-11-19(12-10-18)24-14-13-22-20-7-3-1-5-16(20)15-17-6-2-4-8-21(17)22/h1,3-5,7-12,15,20,23H,2,6,13-14H2/t20-/m0/s1. The molecule has 0 saturated carbocycles. The number of hydrogen-bond donors (Lipinski definition) is 1. The SMILES string of the molecule is Oc1ccc(OCCN2C3=C(C=C4C=CC=C[C@@H]42)CCC=C3)cc1. The van der Waals surface area contributed by atoms with Crippen molar-refractivity contribution in [1.82, 2.24) is 4.90 Å². The Hall–Kier alpha value is -2.68. The third-order valence-corrected chi connectivity index (χ3v) is 4.64. The van der Waals surface area contributed by atoms with Gasteiger partial charge >= 0.3 is 0 Å². The normalized spacial score (nSPS) is 21.4. The molecule has 0 spiro atoms. The third kappa shape index (κ3) is 2.90. The summed E-state index contributed by atoms with van der Waals surface area (Å²) in [4.78, 5) is 2.43. The molecule has 1 aromatic carbocycles. The Labute approximate surface area is 142 Å². The number of phenolic OH excluding ortho intramolecular Hbond substituents is 1. The molecule has 1 N–H and O–H groups in total. The molecule has 1 aliphatic heterocycles. The number of allylic oxidation sites excluding steroid dienone is 6. The van der Waals surface area contributed by atoms with Crippen molar-refractivity contribution in [2.75, 3.05) is 13.2 Å². The second-order valence-corrected chi connectivity index (χ2v) is 6.22. The van der Waals surface area contributed by atoms with Crippen LogP contribution in [0.4, 0.5) is 0 Å². The lowest BCUT2D eigenvalue weighted by Crippen LogP contribution is -2.40. The first-order valence-electron chi connectivity index (χ1n) is 8.46. The largest absolute Gasteiger partial charge is 0.508 e. The van der Waals surface area contributed by atoms with E-state index >= 15 is 0 Å². The highest BCUT2D eigenvalue weighted by molar-refractivity contribution is 5.50. The zero-order chi connectivity index (χ0) is 16.4. The van der Waals surface area contributed by atoms with E-state index in [0.29, 0.717) is 12.6 Å². The zero-order valence-corrected chi connectivity index (χ0v) is 13.6. The predicted octanol–water partition coefficient (Wildman–Crippen LogP) is 4.11. The average Bonchev–Trinajstić information content (AvgIpc) is 2.63. The van der Waals surface area contributed by atoms with Crippen LogP contribution in [0.15, 0.2) is 83.6 Å². The van der Waals surface area contributed by atoms with Crippen LogP contribution in [0.1, 0.15) is 12.8 Å². The maximum atomic E-state index is 9.35. The topological polar surface area (TPSA) is 32.7 Å². The quantitative estimate of drug-likeness (QED) is 0.906. The molecule has 0 fully saturated rings. The molecule has 0 saturated heterocycles. The van der Waals surface area contributed by atoms with Crippen LogP contribution in [0.3, 0.4) is 0 Å². The van der Waals surface area contributed by atoms with Crippen molar-refractivity contribution in [1.29, 1.82) is 0 Å². The molecular weight excluding hydrogens is 298 g/mol. The third-order valence-electron chi connectivity index (χ3n) is 4.64. The Kier molecular flexibility index (Phi) is 3.99. The smallest absolute Gasteiger partial charge is 0.119 e. The molecule has 3 nitrogen and oxygen atoms in total. The van der Waals surface area contributed by atoms with Gasteiger partial charge in [-0.15, -0.1) is 0 Å². The molecular formula is C21H21NO2. The number of phenols is 1. The van der Waals surface area contributed by atoms with Crippen LogP contribution in [0.2, 0.25) is 0 Å². The highest BCUT2D eigenvalue weighted by Gasteiger charge is 2.28. The molecule has 0 amide bonds. The zero-order valence-electron chi connectivity index (χ0n) is 13.6. The van der Waals surface area contributed by atoms with Crippen molar-refractivity contribution in [3.8, 4) is 11.5 Å². The number of ether oxygens (including phenoxy) is 1. The Morgan fingerprint density at radius 3 is 2.88 bits per heavy atom. The minimum Gasteiger partial charge on any atom is -0.508 e. The molecule has 0 aromatic heterocycles. The minimum absolute atomic E-state index is 0.259. The molecule has 3 heteroatoms. The Bertz CT molecular complexity index is 766. The van der Waals surface area contributed by atoms with Gasteiger partial charge in [0.2, 0.25) is 0 Å². The Morgan fingerprint density at radius 1 is 1.12 bits per heavy atom. The average molecular weight is 319 g/mol. The fraction of sp³-hybridized carbons (Fsp3) is 0.238. The van der Waals surface area contributed by atoms with Crippen LogP contribution in [0.25, 0.3) is 0 Å². The molecule has 0 bridgehead atoms. The van der Waals surface area contributed by atoms with Gasteiger partial charge in [0.15, 0.2) is 0 Å². The monoisotopic (exact) mass is 319 g/mol. The van der Waals surface area contributed by atoms with Gasteiger partial charge in [-0.05, 0) is 54.3 Å².